The van der Waals surface area contributed by atoms with E-state index in [-0.39, 0.29) is 11.9 Å². The number of nitrogens with zero attached hydrogens (tertiary/aromatic N) is 1. The highest BCUT2D eigenvalue weighted by Crippen LogP contribution is 2.28. The molecular weight excluding hydrogens is 392 g/mol. The van der Waals surface area contributed by atoms with E-state index < -0.39 is 6.10 Å². The Morgan fingerprint density at radius 1 is 1.10 bits per heavy atom. The molecule has 0 aliphatic heterocycles. The molecule has 3 rings (SSSR count). The van der Waals surface area contributed by atoms with Crippen LogP contribution in [0.1, 0.15) is 56.6 Å². The molecule has 6 heteroatoms. The van der Waals surface area contributed by atoms with Crippen LogP contribution in [0.4, 0.5) is 0 Å². The van der Waals surface area contributed by atoms with Gasteiger partial charge >= 0.3 is 0 Å². The van der Waals surface area contributed by atoms with Crippen molar-refractivity contribution in [3.8, 4) is 11.5 Å². The van der Waals surface area contributed by atoms with Crippen LogP contribution in [0.5, 0.6) is 11.5 Å². The zero-order chi connectivity index (χ0) is 21.9. The number of carbonyl (C=O) groups excluding carboxylic acids is 1. The van der Waals surface area contributed by atoms with Crippen molar-refractivity contribution >= 4 is 12.1 Å². The second-order valence-corrected chi connectivity index (χ2v) is 7.86. The summed E-state index contributed by atoms with van der Waals surface area (Å²) in [5, 5.41) is 7.08. The van der Waals surface area contributed by atoms with Crippen molar-refractivity contribution < 1.29 is 19.1 Å². The van der Waals surface area contributed by atoms with E-state index in [1.807, 2.05) is 48.5 Å². The predicted octanol–water partition coefficient (Wildman–Crippen LogP) is 4.85. The number of methoxy groups -OCH3 is 1. The van der Waals surface area contributed by atoms with Crippen molar-refractivity contribution in [2.45, 2.75) is 64.2 Å². The zero-order valence-electron chi connectivity index (χ0n) is 18.4. The summed E-state index contributed by atoms with van der Waals surface area (Å²) in [4.78, 5) is 17.7. The highest BCUT2D eigenvalue weighted by Gasteiger charge is 2.19. The predicted molar refractivity (Wildman–Crippen MR) is 122 cm³/mol. The summed E-state index contributed by atoms with van der Waals surface area (Å²) in [5.41, 5.74) is 1.87. The van der Waals surface area contributed by atoms with Gasteiger partial charge in [-0.3, -0.25) is 4.79 Å². The maximum atomic E-state index is 12.4. The fourth-order valence-electron chi connectivity index (χ4n) is 3.59. The average molecular weight is 425 g/mol. The van der Waals surface area contributed by atoms with Gasteiger partial charge in [0, 0.05) is 11.6 Å². The van der Waals surface area contributed by atoms with Crippen LogP contribution < -0.4 is 14.8 Å². The van der Waals surface area contributed by atoms with E-state index in [1.165, 1.54) is 25.7 Å². The molecule has 0 heterocycles. The van der Waals surface area contributed by atoms with Crippen molar-refractivity contribution in [1.29, 1.82) is 0 Å². The molecule has 1 N–H and O–H groups in total. The number of ether oxygens (including phenoxy) is 2. The maximum Gasteiger partial charge on any atom is 0.263 e. The van der Waals surface area contributed by atoms with E-state index in [9.17, 15) is 4.79 Å². The molecule has 2 aromatic rings. The number of nitrogens with one attached hydrogen (secondary N) is 1. The first-order chi connectivity index (χ1) is 15.2. The highest BCUT2D eigenvalue weighted by molar-refractivity contribution is 5.82. The monoisotopic (exact) mass is 424 g/mol. The smallest absolute Gasteiger partial charge is 0.263 e. The van der Waals surface area contributed by atoms with Crippen LogP contribution in [0.3, 0.4) is 0 Å². The van der Waals surface area contributed by atoms with Crippen LogP contribution >= 0.6 is 0 Å². The van der Waals surface area contributed by atoms with Crippen LogP contribution in [-0.4, -0.2) is 31.4 Å². The van der Waals surface area contributed by atoms with Gasteiger partial charge in [0.1, 0.15) is 6.61 Å². The number of rotatable bonds is 9. The van der Waals surface area contributed by atoms with Gasteiger partial charge in [-0.2, -0.15) is 0 Å². The van der Waals surface area contributed by atoms with E-state index in [0.717, 1.165) is 24.0 Å². The minimum atomic E-state index is -0.644. The summed E-state index contributed by atoms with van der Waals surface area (Å²) in [6.45, 7) is 2.17. The summed E-state index contributed by atoms with van der Waals surface area (Å²) >= 11 is 0. The molecule has 2 aromatic carbocycles. The fourth-order valence-corrected chi connectivity index (χ4v) is 3.59. The Labute approximate surface area is 184 Å². The largest absolute Gasteiger partial charge is 0.493 e. The molecule has 166 valence electrons. The fraction of sp³-hybridized carbons (Fsp3) is 0.440. The van der Waals surface area contributed by atoms with Gasteiger partial charge in [-0.05, 0) is 43.5 Å². The average Bonchev–Trinajstić information content (AvgIpc) is 3.07. The first kappa shape index (κ1) is 22.7. The van der Waals surface area contributed by atoms with E-state index in [2.05, 4.69) is 10.5 Å². The van der Waals surface area contributed by atoms with Gasteiger partial charge in [-0.25, -0.2) is 0 Å². The molecule has 0 saturated heterocycles. The first-order valence-electron chi connectivity index (χ1n) is 11.0. The summed E-state index contributed by atoms with van der Waals surface area (Å²) < 4.78 is 11.3. The van der Waals surface area contributed by atoms with Crippen molar-refractivity contribution in [1.82, 2.24) is 5.32 Å². The quantitative estimate of drug-likeness (QED) is 0.355. The van der Waals surface area contributed by atoms with Gasteiger partial charge in [0.2, 0.25) is 6.10 Å². The Hall–Kier alpha value is -3.02. The number of amides is 1. The van der Waals surface area contributed by atoms with Crippen molar-refractivity contribution in [3.05, 3.63) is 59.7 Å². The molecule has 0 spiro atoms. The third-order valence-corrected chi connectivity index (χ3v) is 5.42. The van der Waals surface area contributed by atoms with Crippen molar-refractivity contribution in [2.24, 2.45) is 5.16 Å². The van der Waals surface area contributed by atoms with Crippen LogP contribution in [-0.2, 0) is 16.2 Å². The number of hydrogen-bond donors (Lipinski definition) is 1. The molecule has 1 fully saturated rings. The molecule has 0 bridgehead atoms. The third-order valence-electron chi connectivity index (χ3n) is 5.42. The van der Waals surface area contributed by atoms with Crippen LogP contribution in [0.25, 0.3) is 0 Å². The zero-order valence-corrected chi connectivity index (χ0v) is 18.4. The molecule has 1 saturated carbocycles. The molecule has 31 heavy (non-hydrogen) atoms. The molecule has 1 aliphatic rings. The molecule has 1 amide bonds. The minimum absolute atomic E-state index is 0.119. The second kappa shape index (κ2) is 12.0. The van der Waals surface area contributed by atoms with Crippen LogP contribution in [0.15, 0.2) is 53.7 Å². The van der Waals surface area contributed by atoms with Gasteiger partial charge in [-0.15, -0.1) is 0 Å². The van der Waals surface area contributed by atoms with Crippen LogP contribution in [0.2, 0.25) is 0 Å². The van der Waals surface area contributed by atoms with Gasteiger partial charge in [0.25, 0.3) is 5.91 Å². The summed E-state index contributed by atoms with van der Waals surface area (Å²) in [5.74, 6) is 1.14. The lowest BCUT2D eigenvalue weighted by molar-refractivity contribution is -0.132. The maximum absolute atomic E-state index is 12.4. The van der Waals surface area contributed by atoms with Gasteiger partial charge in [-0.1, -0.05) is 61.2 Å². The van der Waals surface area contributed by atoms with Gasteiger partial charge < -0.3 is 19.6 Å². The Bertz CT molecular complexity index is 846. The van der Waals surface area contributed by atoms with E-state index >= 15 is 0 Å². The lowest BCUT2D eigenvalue weighted by Gasteiger charge is -2.18. The first-order valence-corrected chi connectivity index (χ1v) is 11.0. The Morgan fingerprint density at radius 3 is 2.55 bits per heavy atom. The number of benzene rings is 2. The van der Waals surface area contributed by atoms with E-state index in [1.54, 1.807) is 20.2 Å². The molecule has 0 radical (unpaired) electrons. The van der Waals surface area contributed by atoms with Crippen molar-refractivity contribution in [2.75, 3.05) is 7.11 Å². The molecule has 6 nitrogen and oxygen atoms in total. The van der Waals surface area contributed by atoms with E-state index in [0.29, 0.717) is 18.1 Å². The molecule has 0 aromatic heterocycles. The Morgan fingerprint density at radius 2 is 1.84 bits per heavy atom. The van der Waals surface area contributed by atoms with Crippen molar-refractivity contribution in [3.63, 3.8) is 0 Å². The molecular formula is C25H32N2O4. The number of oxime groups is 1. The van der Waals surface area contributed by atoms with Gasteiger partial charge in [0.15, 0.2) is 11.5 Å². The van der Waals surface area contributed by atoms with Gasteiger partial charge in [0.05, 0.1) is 13.3 Å². The SMILES string of the molecule is COc1cc(/C=N/OC(C)C(=O)NC2CCCCCC2)ccc1OCc1ccccc1. The second-order valence-electron chi connectivity index (χ2n) is 7.86. The summed E-state index contributed by atoms with van der Waals surface area (Å²) in [7, 11) is 1.60. The molecule has 1 aliphatic carbocycles. The Balaban J connectivity index is 1.50. The third kappa shape index (κ3) is 7.31. The molecule has 1 unspecified atom stereocenters. The number of hydrogen-bond acceptors (Lipinski definition) is 5. The number of carbonyl (C=O) groups is 1. The minimum Gasteiger partial charge on any atom is -0.493 e. The highest BCUT2D eigenvalue weighted by atomic mass is 16.6. The lowest BCUT2D eigenvalue weighted by Crippen LogP contribution is -2.40. The summed E-state index contributed by atoms with van der Waals surface area (Å²) in [6, 6.07) is 15.7. The standard InChI is InChI=1S/C25H32N2O4/c1-19(25(28)27-22-12-8-3-4-9-13-22)31-26-17-21-14-15-23(24(16-21)29-2)30-18-20-10-6-5-7-11-20/h5-7,10-11,14-17,19,22H,3-4,8-9,12-13,18H2,1-2H3,(H,27,28)/b26-17+. The van der Waals surface area contributed by atoms with E-state index in [4.69, 9.17) is 14.3 Å². The molecule has 1 atom stereocenters. The topological polar surface area (TPSA) is 69.2 Å². The summed E-state index contributed by atoms with van der Waals surface area (Å²) in [6.07, 6.45) is 7.86. The van der Waals surface area contributed by atoms with Crippen LogP contribution in [0, 0.1) is 0 Å². The Kier molecular flexibility index (Phi) is 8.76. The lowest BCUT2D eigenvalue weighted by atomic mass is 10.1. The normalized spacial score (nSPS) is 15.8.